The minimum Gasteiger partial charge on any atom is -0.351 e. The predicted molar refractivity (Wildman–Crippen MR) is 62.6 cm³/mol. The Bertz CT molecular complexity index is 346. The molecule has 2 N–H and O–H groups in total. The van der Waals surface area contributed by atoms with Gasteiger partial charge in [-0.3, -0.25) is 4.79 Å². The van der Waals surface area contributed by atoms with E-state index in [1.807, 2.05) is 24.3 Å². The average Bonchev–Trinajstić information content (AvgIpc) is 2.16. The van der Waals surface area contributed by atoms with Gasteiger partial charge >= 0.3 is 0 Å². The van der Waals surface area contributed by atoms with Crippen LogP contribution in [0.5, 0.6) is 0 Å². The summed E-state index contributed by atoms with van der Waals surface area (Å²) in [5.74, 6) is 0.101. The first kappa shape index (κ1) is 10.6. The molecular weight excluding hydrogens is 256 g/mol. The number of amides is 1. The second kappa shape index (κ2) is 4.77. The topological polar surface area (TPSA) is 41.1 Å². The van der Waals surface area contributed by atoms with E-state index < -0.39 is 0 Å². The number of nitrogens with one attached hydrogen (secondary N) is 2. The number of rotatable bonds is 3. The lowest BCUT2D eigenvalue weighted by molar-refractivity contribution is -0.121. The predicted octanol–water partition coefficient (Wildman–Crippen LogP) is 1.08. The van der Waals surface area contributed by atoms with Gasteiger partial charge in [0.1, 0.15) is 0 Å². The highest BCUT2D eigenvalue weighted by molar-refractivity contribution is 9.10. The number of hydrogen-bond acceptors (Lipinski definition) is 2. The van der Waals surface area contributed by atoms with Crippen LogP contribution in [0.15, 0.2) is 28.7 Å². The second-order valence-electron chi connectivity index (χ2n) is 3.73. The van der Waals surface area contributed by atoms with Crippen LogP contribution in [-0.2, 0) is 11.2 Å². The highest BCUT2D eigenvalue weighted by Gasteiger charge is 2.18. The zero-order valence-electron chi connectivity index (χ0n) is 8.29. The Morgan fingerprint density at radius 1 is 1.40 bits per heavy atom. The largest absolute Gasteiger partial charge is 0.351 e. The fraction of sp³-hybridized carbons (Fsp3) is 0.364. The third kappa shape index (κ3) is 3.04. The number of carbonyl (C=O) groups is 1. The SMILES string of the molecule is O=C(Cc1ccc(Br)cc1)NC1CNC1. The first-order chi connectivity index (χ1) is 7.24. The number of hydrogen-bond donors (Lipinski definition) is 2. The van der Waals surface area contributed by atoms with Gasteiger partial charge in [0.05, 0.1) is 12.5 Å². The van der Waals surface area contributed by atoms with E-state index in [1.165, 1.54) is 0 Å². The maximum Gasteiger partial charge on any atom is 0.224 e. The number of benzene rings is 1. The van der Waals surface area contributed by atoms with Crippen LogP contribution in [0.3, 0.4) is 0 Å². The van der Waals surface area contributed by atoms with Crippen LogP contribution in [0.4, 0.5) is 0 Å². The van der Waals surface area contributed by atoms with Gasteiger partial charge in [0.15, 0.2) is 0 Å². The molecule has 1 heterocycles. The van der Waals surface area contributed by atoms with Gasteiger partial charge in [0.2, 0.25) is 5.91 Å². The minimum atomic E-state index is 0.101. The molecule has 1 aliphatic heterocycles. The molecule has 0 unspecified atom stereocenters. The summed E-state index contributed by atoms with van der Waals surface area (Å²) in [7, 11) is 0. The molecule has 0 atom stereocenters. The number of carbonyl (C=O) groups excluding carboxylic acids is 1. The molecular formula is C11H13BrN2O. The van der Waals surface area contributed by atoms with Crippen molar-refractivity contribution in [2.24, 2.45) is 0 Å². The van der Waals surface area contributed by atoms with Crippen molar-refractivity contribution in [1.82, 2.24) is 10.6 Å². The Morgan fingerprint density at radius 3 is 2.60 bits per heavy atom. The molecule has 0 bridgehead atoms. The molecule has 1 aliphatic rings. The fourth-order valence-electron chi connectivity index (χ4n) is 1.46. The molecule has 0 radical (unpaired) electrons. The molecule has 3 nitrogen and oxygen atoms in total. The Labute approximate surface area is 97.4 Å². The molecule has 80 valence electrons. The van der Waals surface area contributed by atoms with Crippen LogP contribution < -0.4 is 10.6 Å². The van der Waals surface area contributed by atoms with Crippen molar-refractivity contribution in [2.75, 3.05) is 13.1 Å². The van der Waals surface area contributed by atoms with Gasteiger partial charge in [0, 0.05) is 17.6 Å². The molecule has 15 heavy (non-hydrogen) atoms. The molecule has 0 aliphatic carbocycles. The van der Waals surface area contributed by atoms with Crippen molar-refractivity contribution in [3.05, 3.63) is 34.3 Å². The summed E-state index contributed by atoms with van der Waals surface area (Å²) < 4.78 is 1.04. The molecule has 1 saturated heterocycles. The van der Waals surface area contributed by atoms with E-state index in [1.54, 1.807) is 0 Å². The van der Waals surface area contributed by atoms with Gasteiger partial charge < -0.3 is 10.6 Å². The Balaban J connectivity index is 1.84. The van der Waals surface area contributed by atoms with Crippen molar-refractivity contribution >= 4 is 21.8 Å². The molecule has 1 fully saturated rings. The third-order valence-corrected chi connectivity index (χ3v) is 2.95. The summed E-state index contributed by atoms with van der Waals surface area (Å²) in [5, 5.41) is 6.08. The standard InChI is InChI=1S/C11H13BrN2O/c12-9-3-1-8(2-4-9)5-11(15)14-10-6-13-7-10/h1-4,10,13H,5-7H2,(H,14,15). The van der Waals surface area contributed by atoms with E-state index in [2.05, 4.69) is 26.6 Å². The maximum absolute atomic E-state index is 11.5. The summed E-state index contributed by atoms with van der Waals surface area (Å²) >= 11 is 3.36. The highest BCUT2D eigenvalue weighted by Crippen LogP contribution is 2.10. The Morgan fingerprint density at radius 2 is 2.07 bits per heavy atom. The van der Waals surface area contributed by atoms with Crippen LogP contribution in [0, 0.1) is 0 Å². The molecule has 1 aromatic rings. The van der Waals surface area contributed by atoms with Crippen molar-refractivity contribution in [2.45, 2.75) is 12.5 Å². The summed E-state index contributed by atoms with van der Waals surface area (Å²) in [6, 6.07) is 8.15. The molecule has 2 rings (SSSR count). The highest BCUT2D eigenvalue weighted by atomic mass is 79.9. The first-order valence-corrected chi connectivity index (χ1v) is 5.78. The average molecular weight is 269 g/mol. The monoisotopic (exact) mass is 268 g/mol. The zero-order valence-corrected chi connectivity index (χ0v) is 9.88. The summed E-state index contributed by atoms with van der Waals surface area (Å²) in [5.41, 5.74) is 1.04. The van der Waals surface area contributed by atoms with Crippen LogP contribution in [0.25, 0.3) is 0 Å². The van der Waals surface area contributed by atoms with E-state index >= 15 is 0 Å². The summed E-state index contributed by atoms with van der Waals surface area (Å²) in [6.45, 7) is 1.79. The normalized spacial score (nSPS) is 15.8. The van der Waals surface area contributed by atoms with Crippen molar-refractivity contribution < 1.29 is 4.79 Å². The second-order valence-corrected chi connectivity index (χ2v) is 4.64. The molecule has 0 aromatic heterocycles. The van der Waals surface area contributed by atoms with Crippen LogP contribution >= 0.6 is 15.9 Å². The van der Waals surface area contributed by atoms with E-state index in [4.69, 9.17) is 0 Å². The van der Waals surface area contributed by atoms with Crippen molar-refractivity contribution in [3.8, 4) is 0 Å². The molecule has 0 spiro atoms. The van der Waals surface area contributed by atoms with Gasteiger partial charge in [-0.2, -0.15) is 0 Å². The fourth-order valence-corrected chi connectivity index (χ4v) is 1.72. The van der Waals surface area contributed by atoms with Crippen LogP contribution in [0.1, 0.15) is 5.56 Å². The molecule has 0 saturated carbocycles. The van der Waals surface area contributed by atoms with Gasteiger partial charge in [-0.15, -0.1) is 0 Å². The summed E-state index contributed by atoms with van der Waals surface area (Å²) in [4.78, 5) is 11.5. The van der Waals surface area contributed by atoms with E-state index in [9.17, 15) is 4.79 Å². The van der Waals surface area contributed by atoms with Gasteiger partial charge in [-0.1, -0.05) is 28.1 Å². The Hall–Kier alpha value is -0.870. The Kier molecular flexibility index (Phi) is 3.38. The lowest BCUT2D eigenvalue weighted by Crippen LogP contribution is -2.57. The van der Waals surface area contributed by atoms with E-state index in [-0.39, 0.29) is 5.91 Å². The first-order valence-electron chi connectivity index (χ1n) is 4.98. The number of halogens is 1. The lowest BCUT2D eigenvalue weighted by atomic mass is 10.1. The van der Waals surface area contributed by atoms with E-state index in [0.29, 0.717) is 12.5 Å². The van der Waals surface area contributed by atoms with Gasteiger partial charge in [-0.05, 0) is 17.7 Å². The maximum atomic E-state index is 11.5. The van der Waals surface area contributed by atoms with Crippen molar-refractivity contribution in [1.29, 1.82) is 0 Å². The van der Waals surface area contributed by atoms with Gasteiger partial charge in [-0.25, -0.2) is 0 Å². The molecule has 4 heteroatoms. The summed E-state index contributed by atoms with van der Waals surface area (Å²) in [6.07, 6.45) is 0.462. The van der Waals surface area contributed by atoms with Crippen LogP contribution in [-0.4, -0.2) is 25.0 Å². The molecule has 1 aromatic carbocycles. The van der Waals surface area contributed by atoms with Crippen molar-refractivity contribution in [3.63, 3.8) is 0 Å². The van der Waals surface area contributed by atoms with Crippen LogP contribution in [0.2, 0.25) is 0 Å². The minimum absolute atomic E-state index is 0.101. The van der Waals surface area contributed by atoms with E-state index in [0.717, 1.165) is 23.1 Å². The third-order valence-electron chi connectivity index (χ3n) is 2.42. The zero-order chi connectivity index (χ0) is 10.7. The molecule has 1 amide bonds. The smallest absolute Gasteiger partial charge is 0.224 e. The lowest BCUT2D eigenvalue weighted by Gasteiger charge is -2.27. The van der Waals surface area contributed by atoms with Gasteiger partial charge in [0.25, 0.3) is 0 Å². The quantitative estimate of drug-likeness (QED) is 0.862.